The normalized spacial score (nSPS) is 30.8. The molecule has 34 heavy (non-hydrogen) atoms. The zero-order valence-corrected chi connectivity index (χ0v) is 19.5. The number of phosphoric acid groups is 3. The summed E-state index contributed by atoms with van der Waals surface area (Å²) in [7, 11) is -15.3. The number of phosphoric ester groups is 1. The van der Waals surface area contributed by atoms with Gasteiger partial charge in [-0.3, -0.25) is 9.62 Å². The van der Waals surface area contributed by atoms with E-state index >= 15 is 0 Å². The third-order valence-electron chi connectivity index (χ3n) is 4.54. The summed E-state index contributed by atoms with van der Waals surface area (Å²) in [6.45, 7) is -1.88. The average Bonchev–Trinajstić information content (AvgIpc) is 3.37. The molecule has 22 heteroatoms. The number of rotatable bonds is 9. The Labute approximate surface area is 188 Å². The molecular weight excluding hydrogens is 531 g/mol. The number of hydrogen-bond donors (Lipinski definition) is 6. The fourth-order valence-electron chi connectivity index (χ4n) is 3.35. The molecule has 0 saturated carbocycles. The van der Waals surface area contributed by atoms with Gasteiger partial charge in [0, 0.05) is 7.11 Å². The Morgan fingerprint density at radius 3 is 2.41 bits per heavy atom. The quantitative estimate of drug-likeness (QED) is 0.214. The van der Waals surface area contributed by atoms with Crippen molar-refractivity contribution in [1.82, 2.24) is 20.2 Å². The first kappa shape index (κ1) is 25.7. The molecule has 0 spiro atoms. The average molecular weight is 549 g/mol. The molecule has 0 bridgehead atoms. The second-order valence-electron chi connectivity index (χ2n) is 6.80. The predicted octanol–water partition coefficient (Wildman–Crippen LogP) is -0.568. The molecular formula is C12H18N5O14P3. The van der Waals surface area contributed by atoms with Crippen LogP contribution in [-0.2, 0) is 45.8 Å². The van der Waals surface area contributed by atoms with E-state index in [0.29, 0.717) is 11.2 Å². The highest BCUT2D eigenvalue weighted by atomic mass is 31.3. The van der Waals surface area contributed by atoms with Crippen molar-refractivity contribution in [1.29, 1.82) is 0 Å². The van der Waals surface area contributed by atoms with Crippen LogP contribution in [0.1, 0.15) is 11.8 Å². The first-order valence-electron chi connectivity index (χ1n) is 9.00. The Kier molecular flexibility index (Phi) is 6.98. The number of nitrogens with two attached hydrogens (primary N) is 1. The number of nitrogen functional groups attached to an aromatic ring is 1. The lowest BCUT2D eigenvalue weighted by Gasteiger charge is -2.21. The fourth-order valence-corrected chi connectivity index (χ4v) is 6.38. The maximum atomic E-state index is 12.1. The Hall–Kier alpha value is -1.40. The lowest BCUT2D eigenvalue weighted by molar-refractivity contribution is -0.252. The van der Waals surface area contributed by atoms with Crippen molar-refractivity contribution >= 4 is 40.3 Å². The maximum absolute atomic E-state index is 12.1. The first-order chi connectivity index (χ1) is 15.8. The van der Waals surface area contributed by atoms with Crippen LogP contribution in [0.4, 0.5) is 5.82 Å². The molecule has 7 N–H and O–H groups in total. The van der Waals surface area contributed by atoms with Crippen LogP contribution in [0.3, 0.4) is 0 Å². The van der Waals surface area contributed by atoms with E-state index in [9.17, 15) is 23.5 Å². The van der Waals surface area contributed by atoms with Gasteiger partial charge in [-0.2, -0.15) is 13.7 Å². The molecule has 2 aromatic heterocycles. The van der Waals surface area contributed by atoms with Gasteiger partial charge in [0.15, 0.2) is 11.3 Å². The molecule has 19 nitrogen and oxygen atoms in total. The smallest absolute Gasteiger partial charge is 0.382 e. The van der Waals surface area contributed by atoms with Crippen LogP contribution in [0.5, 0.6) is 0 Å². The van der Waals surface area contributed by atoms with E-state index in [1.165, 1.54) is 13.4 Å². The standard InChI is InChI=1S/C12H18N5O14P3/c1-25-12-28-8-4(2-26-33(21,22)31-34(23,24)30-32(18,19)20)27-9(10(8)29-12)6-5-7(17-16-6)11(13)15-3-14-5/h3-4,8-10,12H,2H2,1H3,(H,16,17)(H,21,22)(H,23,24)(H2,13,14,15)(H2,18,19,20)/t4-,8-,9+,10-,12?/m1/s1. The molecule has 2 saturated heterocycles. The third kappa shape index (κ3) is 5.53. The second-order valence-corrected chi connectivity index (χ2v) is 11.2. The molecule has 3 unspecified atom stereocenters. The van der Waals surface area contributed by atoms with Gasteiger partial charge in [0.1, 0.15) is 36.3 Å². The molecule has 7 atom stereocenters. The molecule has 0 amide bonds. The summed E-state index contributed by atoms with van der Waals surface area (Å²) in [6, 6.07) is 0. The minimum Gasteiger partial charge on any atom is -0.382 e. The highest BCUT2D eigenvalue weighted by Crippen LogP contribution is 2.66. The summed E-state index contributed by atoms with van der Waals surface area (Å²) in [5, 5.41) is 6.76. The van der Waals surface area contributed by atoms with E-state index in [0.717, 1.165) is 0 Å². The number of anilines is 1. The van der Waals surface area contributed by atoms with E-state index in [1.807, 2.05) is 0 Å². The second kappa shape index (κ2) is 9.24. The van der Waals surface area contributed by atoms with Crippen molar-refractivity contribution in [3.05, 3.63) is 12.0 Å². The maximum Gasteiger partial charge on any atom is 0.490 e. The summed E-state index contributed by atoms with van der Waals surface area (Å²) in [6.07, 6.45) is -2.63. The summed E-state index contributed by atoms with van der Waals surface area (Å²) < 4.78 is 68.4. The van der Waals surface area contributed by atoms with Crippen molar-refractivity contribution in [3.8, 4) is 0 Å². The van der Waals surface area contributed by atoms with Gasteiger partial charge in [-0.25, -0.2) is 23.7 Å². The predicted molar refractivity (Wildman–Crippen MR) is 104 cm³/mol. The molecule has 2 aliphatic rings. The molecule has 2 aromatic rings. The Morgan fingerprint density at radius 2 is 1.74 bits per heavy atom. The van der Waals surface area contributed by atoms with E-state index < -0.39 is 61.0 Å². The van der Waals surface area contributed by atoms with Crippen molar-refractivity contribution in [3.63, 3.8) is 0 Å². The van der Waals surface area contributed by atoms with Gasteiger partial charge in [0.2, 0.25) is 0 Å². The van der Waals surface area contributed by atoms with Crippen LogP contribution < -0.4 is 5.73 Å². The Balaban J connectivity index is 1.51. The summed E-state index contributed by atoms with van der Waals surface area (Å²) in [4.78, 5) is 44.1. The number of H-pyrrole nitrogens is 1. The van der Waals surface area contributed by atoms with Crippen molar-refractivity contribution < 1.29 is 65.4 Å². The van der Waals surface area contributed by atoms with Gasteiger partial charge < -0.3 is 44.3 Å². The van der Waals surface area contributed by atoms with E-state index in [-0.39, 0.29) is 11.3 Å². The van der Waals surface area contributed by atoms with Crippen molar-refractivity contribution in [2.75, 3.05) is 19.5 Å². The lowest BCUT2D eigenvalue weighted by atomic mass is 10.1. The van der Waals surface area contributed by atoms with Gasteiger partial charge in [0.05, 0.1) is 12.3 Å². The van der Waals surface area contributed by atoms with E-state index in [4.69, 9.17) is 34.5 Å². The van der Waals surface area contributed by atoms with Crippen LogP contribution in [-0.4, -0.2) is 78.2 Å². The molecule has 4 heterocycles. The number of aromatic nitrogens is 4. The molecule has 0 aromatic carbocycles. The van der Waals surface area contributed by atoms with Gasteiger partial charge in [-0.1, -0.05) is 0 Å². The summed E-state index contributed by atoms with van der Waals surface area (Å²) in [5.74, 6) is 0.101. The Morgan fingerprint density at radius 1 is 1.03 bits per heavy atom. The van der Waals surface area contributed by atoms with Crippen LogP contribution in [0.2, 0.25) is 0 Å². The summed E-state index contributed by atoms with van der Waals surface area (Å²) in [5.41, 5.74) is 6.68. The van der Waals surface area contributed by atoms with Crippen LogP contribution in [0.25, 0.3) is 11.0 Å². The molecule has 190 valence electrons. The third-order valence-corrected chi connectivity index (χ3v) is 8.34. The molecule has 2 fully saturated rings. The van der Waals surface area contributed by atoms with E-state index in [2.05, 4.69) is 33.3 Å². The van der Waals surface area contributed by atoms with E-state index in [1.54, 1.807) is 0 Å². The highest BCUT2D eigenvalue weighted by molar-refractivity contribution is 7.66. The number of nitrogens with one attached hydrogen (secondary N) is 1. The minimum atomic E-state index is -5.67. The zero-order valence-electron chi connectivity index (χ0n) is 16.8. The Bertz CT molecular complexity index is 1200. The number of hydrogen-bond acceptors (Lipinski definition) is 14. The molecule has 0 aliphatic carbocycles. The number of aromatic amines is 1. The van der Waals surface area contributed by atoms with Crippen molar-refractivity contribution in [2.24, 2.45) is 0 Å². The largest absolute Gasteiger partial charge is 0.490 e. The topological polar surface area (TPSA) is 277 Å². The first-order valence-corrected chi connectivity index (χ1v) is 13.5. The zero-order chi connectivity index (χ0) is 24.9. The fraction of sp³-hybridized carbons (Fsp3) is 0.583. The number of nitrogens with zero attached hydrogens (tertiary/aromatic N) is 3. The summed E-state index contributed by atoms with van der Waals surface area (Å²) >= 11 is 0. The number of fused-ring (bicyclic) bond motifs is 2. The van der Waals surface area contributed by atoms with Gasteiger partial charge >= 0.3 is 23.5 Å². The van der Waals surface area contributed by atoms with Crippen LogP contribution in [0.15, 0.2) is 6.33 Å². The molecule has 0 radical (unpaired) electrons. The SMILES string of the molecule is COC1O[C@@H]2[C@H](O1)[C@@H](COP(=O)(O)OP(=O)(O)OP(=O)(O)O)O[C@H]2c1[nH]nc2c(N)ncnc12. The molecule has 2 aliphatic heterocycles. The van der Waals surface area contributed by atoms with Gasteiger partial charge in [-0.05, 0) is 0 Å². The minimum absolute atomic E-state index is 0.101. The van der Waals surface area contributed by atoms with Crippen molar-refractivity contribution in [2.45, 2.75) is 30.9 Å². The monoisotopic (exact) mass is 549 g/mol. The number of methoxy groups -OCH3 is 1. The highest BCUT2D eigenvalue weighted by Gasteiger charge is 2.55. The van der Waals surface area contributed by atoms with Gasteiger partial charge in [0.25, 0.3) is 6.48 Å². The lowest BCUT2D eigenvalue weighted by Crippen LogP contribution is -2.31. The van der Waals surface area contributed by atoms with Gasteiger partial charge in [-0.15, -0.1) is 0 Å². The molecule has 4 rings (SSSR count). The number of ether oxygens (including phenoxy) is 4. The van der Waals surface area contributed by atoms with Crippen LogP contribution >= 0.6 is 23.5 Å². The van der Waals surface area contributed by atoms with Crippen LogP contribution in [0, 0.1) is 0 Å².